The Morgan fingerprint density at radius 2 is 2.07 bits per heavy atom. The first kappa shape index (κ1) is 9.52. The highest BCUT2D eigenvalue weighted by atomic mass is 19.3. The molecule has 1 aliphatic rings. The molecule has 0 aromatic carbocycles. The van der Waals surface area contributed by atoms with Crippen LogP contribution in [-0.2, 0) is 0 Å². The van der Waals surface area contributed by atoms with E-state index in [1.807, 2.05) is 0 Å². The molecule has 2 nitrogen and oxygen atoms in total. The summed E-state index contributed by atoms with van der Waals surface area (Å²) in [5.41, 5.74) is 0.664. The van der Waals surface area contributed by atoms with E-state index in [1.165, 1.54) is 0 Å². The summed E-state index contributed by atoms with van der Waals surface area (Å²) in [5.74, 6) is -3.30. The van der Waals surface area contributed by atoms with Crippen molar-refractivity contribution in [2.75, 3.05) is 13.1 Å². The number of rotatable bonds is 1. The maximum atomic E-state index is 13.5. The molecule has 0 saturated carbocycles. The largest absolute Gasteiger partial charge is 0.316 e. The third-order valence-corrected chi connectivity index (χ3v) is 2.60. The molecule has 1 aromatic rings. The molecule has 1 fully saturated rings. The van der Waals surface area contributed by atoms with Crippen LogP contribution in [-0.4, -0.2) is 24.0 Å². The Balaban J connectivity index is 2.24. The SMILES string of the molecule is FC1(F)CCNCC1c1ccncc1. The first-order valence-corrected chi connectivity index (χ1v) is 4.68. The number of alkyl halides is 2. The summed E-state index contributed by atoms with van der Waals surface area (Å²) in [7, 11) is 0. The van der Waals surface area contributed by atoms with E-state index in [0.29, 0.717) is 18.7 Å². The van der Waals surface area contributed by atoms with E-state index in [0.717, 1.165) is 0 Å². The van der Waals surface area contributed by atoms with Gasteiger partial charge < -0.3 is 5.32 Å². The molecule has 1 aliphatic heterocycles. The predicted octanol–water partition coefficient (Wildman–Crippen LogP) is 1.79. The third-order valence-electron chi connectivity index (χ3n) is 2.60. The average molecular weight is 198 g/mol. The summed E-state index contributed by atoms with van der Waals surface area (Å²) in [6.07, 6.45) is 3.03. The highest BCUT2D eigenvalue weighted by Crippen LogP contribution is 2.37. The van der Waals surface area contributed by atoms with E-state index >= 15 is 0 Å². The van der Waals surface area contributed by atoms with Crippen molar-refractivity contribution in [2.45, 2.75) is 18.3 Å². The number of nitrogens with zero attached hydrogens (tertiary/aromatic N) is 1. The zero-order valence-corrected chi connectivity index (χ0v) is 7.71. The lowest BCUT2D eigenvalue weighted by molar-refractivity contribution is -0.0479. The molecule has 76 valence electrons. The minimum atomic E-state index is -2.59. The quantitative estimate of drug-likeness (QED) is 0.744. The Hall–Kier alpha value is -1.03. The number of nitrogens with one attached hydrogen (secondary N) is 1. The molecule has 1 aromatic heterocycles. The van der Waals surface area contributed by atoms with Crippen molar-refractivity contribution < 1.29 is 8.78 Å². The Morgan fingerprint density at radius 1 is 1.36 bits per heavy atom. The van der Waals surface area contributed by atoms with Crippen molar-refractivity contribution >= 4 is 0 Å². The van der Waals surface area contributed by atoms with Crippen molar-refractivity contribution in [1.82, 2.24) is 10.3 Å². The van der Waals surface area contributed by atoms with Gasteiger partial charge in [0, 0.05) is 31.9 Å². The molecule has 1 saturated heterocycles. The van der Waals surface area contributed by atoms with Crippen LogP contribution in [0.15, 0.2) is 24.5 Å². The molecule has 1 atom stereocenters. The number of hydrogen-bond acceptors (Lipinski definition) is 2. The van der Waals surface area contributed by atoms with E-state index in [1.54, 1.807) is 24.5 Å². The van der Waals surface area contributed by atoms with Gasteiger partial charge in [0.15, 0.2) is 0 Å². The predicted molar refractivity (Wildman–Crippen MR) is 49.4 cm³/mol. The lowest BCUT2D eigenvalue weighted by Crippen LogP contribution is -2.42. The van der Waals surface area contributed by atoms with Crippen LogP contribution in [0.4, 0.5) is 8.78 Å². The number of piperidine rings is 1. The molecule has 0 radical (unpaired) electrons. The van der Waals surface area contributed by atoms with Gasteiger partial charge in [-0.2, -0.15) is 0 Å². The molecule has 0 amide bonds. The van der Waals surface area contributed by atoms with Crippen LogP contribution in [0.3, 0.4) is 0 Å². The molecule has 4 heteroatoms. The summed E-state index contributed by atoms with van der Waals surface area (Å²) < 4.78 is 27.0. The Morgan fingerprint density at radius 3 is 2.71 bits per heavy atom. The van der Waals surface area contributed by atoms with Crippen molar-refractivity contribution in [3.05, 3.63) is 30.1 Å². The van der Waals surface area contributed by atoms with E-state index in [4.69, 9.17) is 0 Å². The number of halogens is 2. The van der Waals surface area contributed by atoms with Crippen LogP contribution in [0.25, 0.3) is 0 Å². The van der Waals surface area contributed by atoms with Crippen LogP contribution < -0.4 is 5.32 Å². The Kier molecular flexibility index (Phi) is 2.46. The monoisotopic (exact) mass is 198 g/mol. The number of hydrogen-bond donors (Lipinski definition) is 1. The summed E-state index contributed by atoms with van der Waals surface area (Å²) in [6, 6.07) is 3.32. The maximum Gasteiger partial charge on any atom is 0.257 e. The zero-order valence-electron chi connectivity index (χ0n) is 7.71. The molecule has 0 spiro atoms. The lowest BCUT2D eigenvalue weighted by Gasteiger charge is -2.32. The Labute approximate surface area is 81.4 Å². The molecule has 1 N–H and O–H groups in total. The van der Waals surface area contributed by atoms with Gasteiger partial charge >= 0.3 is 0 Å². The van der Waals surface area contributed by atoms with Gasteiger partial charge in [-0.05, 0) is 17.7 Å². The summed E-state index contributed by atoms with van der Waals surface area (Å²) in [4.78, 5) is 3.82. The molecular formula is C10H12F2N2. The van der Waals surface area contributed by atoms with Gasteiger partial charge in [-0.1, -0.05) is 0 Å². The Bertz CT molecular complexity index is 300. The minimum Gasteiger partial charge on any atom is -0.316 e. The maximum absolute atomic E-state index is 13.5. The molecule has 0 bridgehead atoms. The molecule has 14 heavy (non-hydrogen) atoms. The van der Waals surface area contributed by atoms with Crippen molar-refractivity contribution in [3.63, 3.8) is 0 Å². The van der Waals surface area contributed by atoms with Gasteiger partial charge in [-0.3, -0.25) is 4.98 Å². The zero-order chi connectivity index (χ0) is 10.0. The second-order valence-corrected chi connectivity index (χ2v) is 3.55. The first-order valence-electron chi connectivity index (χ1n) is 4.68. The van der Waals surface area contributed by atoms with E-state index in [9.17, 15) is 8.78 Å². The lowest BCUT2D eigenvalue weighted by atomic mass is 9.89. The fraction of sp³-hybridized carbons (Fsp3) is 0.500. The van der Waals surface area contributed by atoms with Crippen LogP contribution in [0.2, 0.25) is 0 Å². The summed E-state index contributed by atoms with van der Waals surface area (Å²) in [6.45, 7) is 0.742. The highest BCUT2D eigenvalue weighted by Gasteiger charge is 2.42. The van der Waals surface area contributed by atoms with Crippen LogP contribution in [0.1, 0.15) is 17.9 Å². The fourth-order valence-electron chi connectivity index (χ4n) is 1.78. The highest BCUT2D eigenvalue weighted by molar-refractivity contribution is 5.20. The summed E-state index contributed by atoms with van der Waals surface area (Å²) in [5, 5.41) is 2.99. The van der Waals surface area contributed by atoms with Gasteiger partial charge in [0.05, 0.1) is 5.92 Å². The fourth-order valence-corrected chi connectivity index (χ4v) is 1.78. The second-order valence-electron chi connectivity index (χ2n) is 3.55. The minimum absolute atomic E-state index is 0.0833. The smallest absolute Gasteiger partial charge is 0.257 e. The topological polar surface area (TPSA) is 24.9 Å². The molecule has 2 rings (SSSR count). The van der Waals surface area contributed by atoms with E-state index < -0.39 is 11.8 Å². The van der Waals surface area contributed by atoms with Gasteiger partial charge in [0.25, 0.3) is 5.92 Å². The third kappa shape index (κ3) is 1.75. The van der Waals surface area contributed by atoms with Gasteiger partial charge in [0.1, 0.15) is 0 Å². The normalized spacial score (nSPS) is 26.0. The van der Waals surface area contributed by atoms with Crippen LogP contribution >= 0.6 is 0 Å². The molecular weight excluding hydrogens is 186 g/mol. The van der Waals surface area contributed by atoms with Gasteiger partial charge in [0.2, 0.25) is 0 Å². The van der Waals surface area contributed by atoms with Crippen LogP contribution in [0, 0.1) is 0 Å². The number of pyridine rings is 1. The van der Waals surface area contributed by atoms with Crippen molar-refractivity contribution in [1.29, 1.82) is 0 Å². The molecule has 2 heterocycles. The van der Waals surface area contributed by atoms with Crippen molar-refractivity contribution in [3.8, 4) is 0 Å². The van der Waals surface area contributed by atoms with Gasteiger partial charge in [-0.15, -0.1) is 0 Å². The first-order chi connectivity index (χ1) is 6.70. The average Bonchev–Trinajstić information content (AvgIpc) is 2.18. The van der Waals surface area contributed by atoms with Crippen molar-refractivity contribution in [2.24, 2.45) is 0 Å². The second kappa shape index (κ2) is 3.61. The molecule has 1 unspecified atom stereocenters. The standard InChI is InChI=1S/C10H12F2N2/c11-10(12)3-6-14-7-9(10)8-1-4-13-5-2-8/h1-2,4-5,9,14H,3,6-7H2. The summed E-state index contributed by atoms with van der Waals surface area (Å²) >= 11 is 0. The van der Waals surface area contributed by atoms with E-state index in [-0.39, 0.29) is 6.42 Å². The number of aromatic nitrogens is 1. The molecule has 0 aliphatic carbocycles. The van der Waals surface area contributed by atoms with Crippen LogP contribution in [0.5, 0.6) is 0 Å². The van der Waals surface area contributed by atoms with E-state index in [2.05, 4.69) is 10.3 Å². The van der Waals surface area contributed by atoms with Gasteiger partial charge in [-0.25, -0.2) is 8.78 Å².